The molecule has 0 spiro atoms. The van der Waals surface area contributed by atoms with Crippen LogP contribution in [0.15, 0.2) is 60.3 Å². The maximum absolute atomic E-state index is 14.3. The van der Waals surface area contributed by atoms with Gasteiger partial charge in [0.1, 0.15) is 11.6 Å². The number of nitrogens with one attached hydrogen (secondary N) is 1. The van der Waals surface area contributed by atoms with Crippen molar-refractivity contribution < 1.29 is 13.9 Å². The number of amides is 1. The molecular formula is C22H23FN4O2S. The summed E-state index contributed by atoms with van der Waals surface area (Å²) in [6.07, 6.45) is 1.68. The van der Waals surface area contributed by atoms with Crippen molar-refractivity contribution in [3.05, 3.63) is 66.5 Å². The summed E-state index contributed by atoms with van der Waals surface area (Å²) in [4.78, 5) is 12.8. The topological polar surface area (TPSA) is 69.0 Å². The van der Waals surface area contributed by atoms with Crippen molar-refractivity contribution in [2.45, 2.75) is 30.8 Å². The lowest BCUT2D eigenvalue weighted by atomic mass is 10.2. The summed E-state index contributed by atoms with van der Waals surface area (Å²) in [5, 5.41) is 11.3. The standard InChI is InChI=1S/C22H23FN4O2S/c1-5-12-27-20(16-8-6-7-9-17(16)23)25-26-22(27)30-15(3)21(28)24-18-13-14(2)10-11-19(18)29-4/h5-11,13,15H,1,12H2,2-4H3,(H,24,28). The zero-order valence-electron chi connectivity index (χ0n) is 17.1. The van der Waals surface area contributed by atoms with Crippen LogP contribution in [0.2, 0.25) is 0 Å². The van der Waals surface area contributed by atoms with Gasteiger partial charge in [0.15, 0.2) is 11.0 Å². The fraction of sp³-hybridized carbons (Fsp3) is 0.227. The number of benzene rings is 2. The number of rotatable bonds is 8. The quantitative estimate of drug-likeness (QED) is 0.417. The zero-order valence-corrected chi connectivity index (χ0v) is 17.9. The Labute approximate surface area is 179 Å². The molecule has 8 heteroatoms. The third-order valence-corrected chi connectivity index (χ3v) is 5.49. The Morgan fingerprint density at radius 1 is 1.33 bits per heavy atom. The highest BCUT2D eigenvalue weighted by Crippen LogP contribution is 2.30. The van der Waals surface area contributed by atoms with Gasteiger partial charge in [0.25, 0.3) is 0 Å². The van der Waals surface area contributed by atoms with Crippen LogP contribution in [0.4, 0.5) is 10.1 Å². The summed E-state index contributed by atoms with van der Waals surface area (Å²) in [5.41, 5.74) is 1.96. The summed E-state index contributed by atoms with van der Waals surface area (Å²) >= 11 is 1.24. The molecule has 2 aromatic carbocycles. The Balaban J connectivity index is 1.82. The maximum atomic E-state index is 14.3. The number of methoxy groups -OCH3 is 1. The largest absolute Gasteiger partial charge is 0.495 e. The van der Waals surface area contributed by atoms with E-state index in [2.05, 4.69) is 22.1 Å². The van der Waals surface area contributed by atoms with E-state index < -0.39 is 5.25 Å². The molecule has 156 valence electrons. The summed E-state index contributed by atoms with van der Waals surface area (Å²) < 4.78 is 21.3. The molecule has 1 heterocycles. The van der Waals surface area contributed by atoms with Crippen LogP contribution in [0.5, 0.6) is 5.75 Å². The number of carbonyl (C=O) groups is 1. The fourth-order valence-electron chi connectivity index (χ4n) is 2.88. The van der Waals surface area contributed by atoms with Crippen molar-refractivity contribution in [2.75, 3.05) is 12.4 Å². The molecule has 1 N–H and O–H groups in total. The van der Waals surface area contributed by atoms with Gasteiger partial charge in [-0.15, -0.1) is 16.8 Å². The fourth-order valence-corrected chi connectivity index (χ4v) is 3.74. The molecule has 3 aromatic rings. The summed E-state index contributed by atoms with van der Waals surface area (Å²) in [6, 6.07) is 12.0. The average molecular weight is 427 g/mol. The molecule has 0 radical (unpaired) electrons. The van der Waals surface area contributed by atoms with Crippen molar-refractivity contribution in [2.24, 2.45) is 0 Å². The first-order valence-corrected chi connectivity index (χ1v) is 10.2. The lowest BCUT2D eigenvalue weighted by Gasteiger charge is -2.15. The van der Waals surface area contributed by atoms with Crippen LogP contribution in [0.1, 0.15) is 12.5 Å². The Morgan fingerprint density at radius 2 is 2.10 bits per heavy atom. The molecule has 1 amide bonds. The highest BCUT2D eigenvalue weighted by atomic mass is 32.2. The average Bonchev–Trinajstić information content (AvgIpc) is 3.11. The second-order valence-electron chi connectivity index (χ2n) is 6.64. The number of hydrogen-bond donors (Lipinski definition) is 1. The Morgan fingerprint density at radius 3 is 2.80 bits per heavy atom. The normalized spacial score (nSPS) is 11.7. The molecule has 0 aliphatic carbocycles. The number of aryl methyl sites for hydroxylation is 1. The van der Waals surface area contributed by atoms with Crippen molar-refractivity contribution in [1.29, 1.82) is 0 Å². The summed E-state index contributed by atoms with van der Waals surface area (Å²) in [5.74, 6) is 0.389. The van der Waals surface area contributed by atoms with Crippen LogP contribution in [-0.4, -0.2) is 33.0 Å². The van der Waals surface area contributed by atoms with Gasteiger partial charge < -0.3 is 10.1 Å². The zero-order chi connectivity index (χ0) is 21.7. The van der Waals surface area contributed by atoms with E-state index in [1.165, 1.54) is 17.8 Å². The van der Waals surface area contributed by atoms with Gasteiger partial charge in [-0.2, -0.15) is 0 Å². The molecule has 0 bridgehead atoms. The molecule has 1 unspecified atom stereocenters. The Bertz CT molecular complexity index is 1070. The van der Waals surface area contributed by atoms with Gasteiger partial charge in [0.05, 0.1) is 23.6 Å². The minimum absolute atomic E-state index is 0.204. The molecule has 3 rings (SSSR count). The SMILES string of the molecule is C=CCn1c(SC(C)C(=O)Nc2cc(C)ccc2OC)nnc1-c1ccccc1F. The number of nitrogens with zero attached hydrogens (tertiary/aromatic N) is 3. The molecule has 1 atom stereocenters. The molecule has 0 aliphatic heterocycles. The third kappa shape index (κ3) is 4.71. The second kappa shape index (κ2) is 9.58. The lowest BCUT2D eigenvalue weighted by molar-refractivity contribution is -0.115. The van der Waals surface area contributed by atoms with E-state index in [1.807, 2.05) is 25.1 Å². The van der Waals surface area contributed by atoms with Gasteiger partial charge in [-0.25, -0.2) is 4.39 Å². The predicted molar refractivity (Wildman–Crippen MR) is 117 cm³/mol. The van der Waals surface area contributed by atoms with Crippen LogP contribution >= 0.6 is 11.8 Å². The first-order chi connectivity index (χ1) is 14.4. The van der Waals surface area contributed by atoms with Gasteiger partial charge >= 0.3 is 0 Å². The summed E-state index contributed by atoms with van der Waals surface area (Å²) in [7, 11) is 1.56. The molecule has 0 saturated heterocycles. The monoisotopic (exact) mass is 426 g/mol. The molecule has 30 heavy (non-hydrogen) atoms. The van der Waals surface area contributed by atoms with Crippen LogP contribution in [0, 0.1) is 12.7 Å². The molecule has 1 aromatic heterocycles. The van der Waals surface area contributed by atoms with Crippen molar-refractivity contribution in [3.63, 3.8) is 0 Å². The molecular weight excluding hydrogens is 403 g/mol. The second-order valence-corrected chi connectivity index (χ2v) is 7.95. The molecule has 6 nitrogen and oxygen atoms in total. The highest BCUT2D eigenvalue weighted by Gasteiger charge is 2.22. The molecule has 0 saturated carbocycles. The van der Waals surface area contributed by atoms with Gasteiger partial charge in [0.2, 0.25) is 5.91 Å². The van der Waals surface area contributed by atoms with Crippen molar-refractivity contribution in [1.82, 2.24) is 14.8 Å². The number of ether oxygens (including phenoxy) is 1. The van der Waals surface area contributed by atoms with Crippen molar-refractivity contribution in [3.8, 4) is 17.1 Å². The number of halogens is 1. The van der Waals surface area contributed by atoms with Gasteiger partial charge in [-0.3, -0.25) is 9.36 Å². The maximum Gasteiger partial charge on any atom is 0.237 e. The van der Waals surface area contributed by atoms with E-state index in [-0.39, 0.29) is 11.7 Å². The Kier molecular flexibility index (Phi) is 6.89. The smallest absolute Gasteiger partial charge is 0.237 e. The van der Waals surface area contributed by atoms with E-state index in [1.54, 1.807) is 42.9 Å². The Hall–Kier alpha value is -3.13. The number of allylic oxidation sites excluding steroid dienone is 1. The minimum Gasteiger partial charge on any atom is -0.495 e. The van der Waals surface area contributed by atoms with Crippen LogP contribution < -0.4 is 10.1 Å². The number of aromatic nitrogens is 3. The summed E-state index contributed by atoms with van der Waals surface area (Å²) in [6.45, 7) is 7.86. The van der Waals surface area contributed by atoms with E-state index in [0.717, 1.165) is 5.56 Å². The molecule has 0 aliphatic rings. The van der Waals surface area contributed by atoms with Gasteiger partial charge in [-0.1, -0.05) is 36.0 Å². The minimum atomic E-state index is -0.476. The third-order valence-electron chi connectivity index (χ3n) is 4.41. The van der Waals surface area contributed by atoms with E-state index in [4.69, 9.17) is 4.74 Å². The predicted octanol–water partition coefficient (Wildman–Crippen LogP) is 4.71. The first-order valence-electron chi connectivity index (χ1n) is 9.35. The number of anilines is 1. The van der Waals surface area contributed by atoms with E-state index in [0.29, 0.717) is 34.5 Å². The van der Waals surface area contributed by atoms with E-state index in [9.17, 15) is 9.18 Å². The lowest BCUT2D eigenvalue weighted by Crippen LogP contribution is -2.23. The van der Waals surface area contributed by atoms with Crippen molar-refractivity contribution >= 4 is 23.4 Å². The number of hydrogen-bond acceptors (Lipinski definition) is 5. The molecule has 0 fully saturated rings. The highest BCUT2D eigenvalue weighted by molar-refractivity contribution is 8.00. The first kappa shape index (κ1) is 21.6. The van der Waals surface area contributed by atoms with Crippen LogP contribution in [0.25, 0.3) is 11.4 Å². The van der Waals surface area contributed by atoms with Gasteiger partial charge in [0, 0.05) is 6.54 Å². The van der Waals surface area contributed by atoms with Crippen LogP contribution in [-0.2, 0) is 11.3 Å². The van der Waals surface area contributed by atoms with Crippen LogP contribution in [0.3, 0.4) is 0 Å². The van der Waals surface area contributed by atoms with Gasteiger partial charge in [-0.05, 0) is 43.7 Å². The number of carbonyl (C=O) groups excluding carboxylic acids is 1. The number of thioether (sulfide) groups is 1. The van der Waals surface area contributed by atoms with E-state index >= 15 is 0 Å².